The summed E-state index contributed by atoms with van der Waals surface area (Å²) in [6.07, 6.45) is 1.25. The number of hydrogen-bond donors (Lipinski definition) is 3. The molecule has 0 radical (unpaired) electrons. The Morgan fingerprint density at radius 3 is 2.65 bits per heavy atom. The topological polar surface area (TPSA) is 95.1 Å². The van der Waals surface area contributed by atoms with Gasteiger partial charge in [0.1, 0.15) is 5.82 Å². The van der Waals surface area contributed by atoms with Crippen LogP contribution in [0.5, 0.6) is 0 Å². The lowest BCUT2D eigenvalue weighted by Crippen LogP contribution is -2.28. The van der Waals surface area contributed by atoms with Crippen molar-refractivity contribution in [3.8, 4) is 0 Å². The molecule has 1 atom stereocenters. The third-order valence-corrected chi connectivity index (χ3v) is 4.37. The van der Waals surface area contributed by atoms with Gasteiger partial charge in [-0.3, -0.25) is 5.10 Å². The molecule has 8 heteroatoms. The second-order valence-corrected chi connectivity index (χ2v) is 5.93. The molecule has 0 amide bonds. The number of nitrogens with one attached hydrogen (secondary N) is 2. The minimum absolute atomic E-state index is 0.172. The first kappa shape index (κ1) is 14.6. The molecular formula is C12H14FN3O3S. The first-order valence-corrected chi connectivity index (χ1v) is 7.33. The highest BCUT2D eigenvalue weighted by molar-refractivity contribution is 7.89. The van der Waals surface area contributed by atoms with Crippen LogP contribution in [-0.2, 0) is 16.6 Å². The summed E-state index contributed by atoms with van der Waals surface area (Å²) in [6.45, 7) is 1.21. The monoisotopic (exact) mass is 299 g/mol. The molecule has 108 valence electrons. The van der Waals surface area contributed by atoms with E-state index < -0.39 is 22.7 Å². The third kappa shape index (κ3) is 3.03. The molecule has 6 nitrogen and oxygen atoms in total. The van der Waals surface area contributed by atoms with E-state index in [-0.39, 0.29) is 16.4 Å². The minimum Gasteiger partial charge on any atom is -0.392 e. The molecule has 2 aromatic rings. The van der Waals surface area contributed by atoms with Crippen molar-refractivity contribution >= 4 is 10.0 Å². The fourth-order valence-corrected chi connectivity index (χ4v) is 3.11. The molecule has 0 aliphatic carbocycles. The summed E-state index contributed by atoms with van der Waals surface area (Å²) < 4.78 is 39.6. The molecule has 0 saturated carbocycles. The first-order chi connectivity index (χ1) is 9.44. The normalized spacial score (nSPS) is 13.3. The number of nitrogens with zero attached hydrogens (tertiary/aromatic N) is 1. The van der Waals surface area contributed by atoms with Crippen molar-refractivity contribution in [1.29, 1.82) is 0 Å². The van der Waals surface area contributed by atoms with Crippen molar-refractivity contribution in [2.24, 2.45) is 0 Å². The molecule has 3 N–H and O–H groups in total. The zero-order valence-corrected chi connectivity index (χ0v) is 11.5. The Bertz CT molecular complexity index is 682. The number of aromatic amines is 1. The van der Waals surface area contributed by atoms with Gasteiger partial charge in [0.2, 0.25) is 0 Å². The fraction of sp³-hybridized carbons (Fsp3) is 0.250. The van der Waals surface area contributed by atoms with Gasteiger partial charge in [-0.05, 0) is 24.6 Å². The van der Waals surface area contributed by atoms with Gasteiger partial charge in [0, 0.05) is 11.6 Å². The molecule has 0 fully saturated rings. The predicted molar refractivity (Wildman–Crippen MR) is 69.6 cm³/mol. The zero-order valence-electron chi connectivity index (χ0n) is 10.7. The minimum atomic E-state index is -3.84. The summed E-state index contributed by atoms with van der Waals surface area (Å²) >= 11 is 0. The quantitative estimate of drug-likeness (QED) is 0.770. The lowest BCUT2D eigenvalue weighted by molar-refractivity contribution is 0.278. The summed E-state index contributed by atoms with van der Waals surface area (Å²) in [7, 11) is -3.84. The molecule has 0 spiro atoms. The van der Waals surface area contributed by atoms with Gasteiger partial charge in [-0.15, -0.1) is 0 Å². The number of H-pyrrole nitrogens is 1. The number of aliphatic hydroxyl groups is 1. The lowest BCUT2D eigenvalue weighted by atomic mass is 10.1. The Morgan fingerprint density at radius 2 is 2.05 bits per heavy atom. The van der Waals surface area contributed by atoms with E-state index in [1.165, 1.54) is 30.5 Å². The zero-order chi connectivity index (χ0) is 14.8. The number of sulfonamides is 1. The molecule has 2 rings (SSSR count). The summed E-state index contributed by atoms with van der Waals surface area (Å²) in [5, 5.41) is 14.8. The molecule has 1 heterocycles. The average Bonchev–Trinajstić information content (AvgIpc) is 2.88. The van der Waals surface area contributed by atoms with E-state index in [9.17, 15) is 12.8 Å². The fourth-order valence-electron chi connectivity index (χ4n) is 1.76. The molecule has 1 unspecified atom stereocenters. The second-order valence-electron chi connectivity index (χ2n) is 4.28. The number of aromatic nitrogens is 2. The van der Waals surface area contributed by atoms with Crippen LogP contribution in [0.25, 0.3) is 0 Å². The molecular weight excluding hydrogens is 285 g/mol. The van der Waals surface area contributed by atoms with Gasteiger partial charge in [-0.25, -0.2) is 17.5 Å². The maximum atomic E-state index is 12.8. The third-order valence-electron chi connectivity index (χ3n) is 2.82. The van der Waals surface area contributed by atoms with E-state index in [0.717, 1.165) is 0 Å². The van der Waals surface area contributed by atoms with E-state index in [1.54, 1.807) is 6.92 Å². The Kier molecular flexibility index (Phi) is 4.17. The Labute approximate surface area is 115 Å². The molecule has 1 aromatic heterocycles. The van der Waals surface area contributed by atoms with E-state index in [2.05, 4.69) is 14.9 Å². The van der Waals surface area contributed by atoms with Crippen LogP contribution in [0.4, 0.5) is 4.39 Å². The highest BCUT2D eigenvalue weighted by Crippen LogP contribution is 2.18. The molecule has 0 aliphatic heterocycles. The SMILES string of the molecule is CC(NS(=O)(=O)c1[nH]ncc1CO)c1ccc(F)cc1. The van der Waals surface area contributed by atoms with Crippen LogP contribution in [0.15, 0.2) is 35.5 Å². The van der Waals surface area contributed by atoms with Crippen LogP contribution in [-0.4, -0.2) is 23.7 Å². The first-order valence-electron chi connectivity index (χ1n) is 5.85. The lowest BCUT2D eigenvalue weighted by Gasteiger charge is -2.14. The summed E-state index contributed by atoms with van der Waals surface area (Å²) in [5.41, 5.74) is 0.809. The average molecular weight is 299 g/mol. The van der Waals surface area contributed by atoms with Crippen molar-refractivity contribution in [1.82, 2.24) is 14.9 Å². The molecule has 20 heavy (non-hydrogen) atoms. The van der Waals surface area contributed by atoms with Crippen molar-refractivity contribution in [3.05, 3.63) is 47.4 Å². The summed E-state index contributed by atoms with van der Waals surface area (Å²) in [4.78, 5) is 0. The van der Waals surface area contributed by atoms with Crippen LogP contribution < -0.4 is 4.72 Å². The Balaban J connectivity index is 2.22. The van der Waals surface area contributed by atoms with Gasteiger partial charge in [-0.2, -0.15) is 5.10 Å². The van der Waals surface area contributed by atoms with Crippen LogP contribution in [0.3, 0.4) is 0 Å². The maximum absolute atomic E-state index is 12.8. The van der Waals surface area contributed by atoms with Gasteiger partial charge in [0.15, 0.2) is 5.03 Å². The van der Waals surface area contributed by atoms with E-state index in [4.69, 9.17) is 5.11 Å². The predicted octanol–water partition coefficient (Wildman–Crippen LogP) is 1.08. The largest absolute Gasteiger partial charge is 0.392 e. The van der Waals surface area contributed by atoms with Crippen LogP contribution >= 0.6 is 0 Å². The van der Waals surface area contributed by atoms with Crippen molar-refractivity contribution in [2.75, 3.05) is 0 Å². The van der Waals surface area contributed by atoms with Crippen LogP contribution in [0, 0.1) is 5.82 Å². The van der Waals surface area contributed by atoms with Gasteiger partial charge in [0.25, 0.3) is 10.0 Å². The Morgan fingerprint density at radius 1 is 1.40 bits per heavy atom. The number of benzene rings is 1. The highest BCUT2D eigenvalue weighted by Gasteiger charge is 2.23. The van der Waals surface area contributed by atoms with Crippen LogP contribution in [0.1, 0.15) is 24.1 Å². The maximum Gasteiger partial charge on any atom is 0.258 e. The summed E-state index contributed by atoms with van der Waals surface area (Å²) in [5.74, 6) is -0.389. The van der Waals surface area contributed by atoms with Gasteiger partial charge >= 0.3 is 0 Å². The number of halogens is 1. The summed E-state index contributed by atoms with van der Waals surface area (Å²) in [6, 6.07) is 4.98. The van der Waals surface area contributed by atoms with E-state index >= 15 is 0 Å². The second kappa shape index (κ2) is 5.70. The van der Waals surface area contributed by atoms with Gasteiger partial charge in [0.05, 0.1) is 12.8 Å². The van der Waals surface area contributed by atoms with Crippen molar-refractivity contribution in [3.63, 3.8) is 0 Å². The van der Waals surface area contributed by atoms with E-state index in [1.807, 2.05) is 0 Å². The van der Waals surface area contributed by atoms with E-state index in [0.29, 0.717) is 5.56 Å². The van der Waals surface area contributed by atoms with Crippen molar-refractivity contribution < 1.29 is 17.9 Å². The number of aliphatic hydroxyl groups excluding tert-OH is 1. The van der Waals surface area contributed by atoms with Crippen LogP contribution in [0.2, 0.25) is 0 Å². The Hall–Kier alpha value is -1.77. The van der Waals surface area contributed by atoms with Gasteiger partial charge < -0.3 is 5.11 Å². The van der Waals surface area contributed by atoms with Crippen molar-refractivity contribution in [2.45, 2.75) is 24.6 Å². The smallest absolute Gasteiger partial charge is 0.258 e. The van der Waals surface area contributed by atoms with Gasteiger partial charge in [-0.1, -0.05) is 12.1 Å². The standard InChI is InChI=1S/C12H14FN3O3S/c1-8(9-2-4-11(13)5-3-9)16-20(18,19)12-10(7-17)6-14-15-12/h2-6,8,16-17H,7H2,1H3,(H,14,15). The molecule has 0 aliphatic rings. The molecule has 1 aromatic carbocycles. The highest BCUT2D eigenvalue weighted by atomic mass is 32.2. The molecule has 0 saturated heterocycles. The number of rotatable bonds is 5. The number of hydrogen-bond acceptors (Lipinski definition) is 4. The molecule has 0 bridgehead atoms.